The van der Waals surface area contributed by atoms with E-state index in [4.69, 9.17) is 16.3 Å². The Bertz CT molecular complexity index is 1510. The molecule has 3 aromatic rings. The van der Waals surface area contributed by atoms with E-state index in [-0.39, 0.29) is 28.8 Å². The van der Waals surface area contributed by atoms with Crippen molar-refractivity contribution in [1.29, 1.82) is 0 Å². The van der Waals surface area contributed by atoms with Crippen LogP contribution in [-0.4, -0.2) is 25.9 Å². The molecular weight excluding hydrogens is 521 g/mol. The summed E-state index contributed by atoms with van der Waals surface area (Å²) in [6, 6.07) is 4.86. The molecule has 11 heteroatoms. The second-order valence-corrected chi connectivity index (χ2v) is 9.28. The lowest BCUT2D eigenvalue weighted by Crippen LogP contribution is -2.20. The van der Waals surface area contributed by atoms with Crippen LogP contribution in [0.5, 0.6) is 5.75 Å². The number of hydrogen-bond acceptors (Lipinski definition) is 6. The lowest BCUT2D eigenvalue weighted by molar-refractivity contribution is 0.0694. The molecule has 0 aliphatic carbocycles. The Hall–Kier alpha value is -3.76. The van der Waals surface area contributed by atoms with Crippen molar-refractivity contribution in [2.45, 2.75) is 46.8 Å². The SMILES string of the molecule is C\C=C(/N=C\C(C)=C\n1c(C)cc(OCc2ncc(F)cc2F)c(Cl)c1=O)c1ccc(F)c(C(C)(C)O)n1. The lowest BCUT2D eigenvalue weighted by Gasteiger charge is -2.18. The van der Waals surface area contributed by atoms with Gasteiger partial charge in [0.1, 0.15) is 46.0 Å². The van der Waals surface area contributed by atoms with Gasteiger partial charge in [-0.05, 0) is 52.3 Å². The predicted octanol–water partition coefficient (Wildman–Crippen LogP) is 5.82. The van der Waals surface area contributed by atoms with Crippen LogP contribution in [0.25, 0.3) is 11.9 Å². The van der Waals surface area contributed by atoms with Gasteiger partial charge in [-0.25, -0.2) is 18.2 Å². The summed E-state index contributed by atoms with van der Waals surface area (Å²) in [5.41, 5.74) is -0.470. The van der Waals surface area contributed by atoms with Gasteiger partial charge in [-0.1, -0.05) is 17.7 Å². The van der Waals surface area contributed by atoms with E-state index in [2.05, 4.69) is 15.0 Å². The van der Waals surface area contributed by atoms with Crippen LogP contribution >= 0.6 is 11.6 Å². The van der Waals surface area contributed by atoms with Crippen LogP contribution in [0.15, 0.2) is 51.9 Å². The summed E-state index contributed by atoms with van der Waals surface area (Å²) >= 11 is 6.22. The number of aliphatic imine (C=N–C) groups is 1. The molecule has 200 valence electrons. The minimum Gasteiger partial charge on any atom is -0.485 e. The summed E-state index contributed by atoms with van der Waals surface area (Å²) in [4.78, 5) is 25.1. The average Bonchev–Trinajstić information content (AvgIpc) is 2.84. The first-order valence-electron chi connectivity index (χ1n) is 11.4. The molecule has 0 radical (unpaired) electrons. The minimum absolute atomic E-state index is 0.0249. The fourth-order valence-electron chi connectivity index (χ4n) is 3.37. The van der Waals surface area contributed by atoms with E-state index in [0.29, 0.717) is 28.7 Å². The summed E-state index contributed by atoms with van der Waals surface area (Å²) in [7, 11) is 0. The second kappa shape index (κ2) is 11.7. The van der Waals surface area contributed by atoms with Gasteiger partial charge in [0.25, 0.3) is 5.56 Å². The molecule has 0 unspecified atom stereocenters. The standard InChI is InChI=1S/C27H26ClF3N4O3/c1-6-20(21-8-7-18(30)25(34-21)27(4,5)37)32-11-15(2)13-35-16(3)9-23(24(28)26(35)36)38-14-22-19(31)10-17(29)12-33-22/h6-13,37H,14H2,1-5H3/b15-13+,20-6-,32-11-. The quantitative estimate of drug-likeness (QED) is 0.360. The maximum absolute atomic E-state index is 14.1. The number of halogens is 4. The van der Waals surface area contributed by atoms with E-state index in [1.807, 2.05) is 0 Å². The largest absolute Gasteiger partial charge is 0.485 e. The summed E-state index contributed by atoms with van der Waals surface area (Å²) in [6.07, 6.45) is 5.56. The Labute approximate surface area is 222 Å². The molecule has 0 aromatic carbocycles. The van der Waals surface area contributed by atoms with Gasteiger partial charge in [0, 0.05) is 30.2 Å². The molecule has 0 fully saturated rings. The molecule has 3 heterocycles. The predicted molar refractivity (Wildman–Crippen MR) is 140 cm³/mol. The zero-order valence-corrected chi connectivity index (χ0v) is 22.1. The van der Waals surface area contributed by atoms with E-state index in [9.17, 15) is 23.1 Å². The van der Waals surface area contributed by atoms with E-state index in [1.54, 1.807) is 26.8 Å². The fraction of sp³-hybridized carbons (Fsp3) is 0.259. The smallest absolute Gasteiger partial charge is 0.277 e. The Morgan fingerprint density at radius 2 is 1.95 bits per heavy atom. The molecular formula is C27H26ClF3N4O3. The molecule has 38 heavy (non-hydrogen) atoms. The van der Waals surface area contributed by atoms with E-state index in [0.717, 1.165) is 6.20 Å². The fourth-order valence-corrected chi connectivity index (χ4v) is 3.57. The first-order chi connectivity index (χ1) is 17.8. The number of aliphatic hydroxyl groups is 1. The van der Waals surface area contributed by atoms with Crippen LogP contribution in [0.4, 0.5) is 13.2 Å². The molecule has 0 spiro atoms. The van der Waals surface area contributed by atoms with Crippen molar-refractivity contribution >= 4 is 29.7 Å². The highest BCUT2D eigenvalue weighted by Crippen LogP contribution is 2.25. The first-order valence-corrected chi connectivity index (χ1v) is 11.8. The van der Waals surface area contributed by atoms with E-state index >= 15 is 0 Å². The van der Waals surface area contributed by atoms with Crippen LogP contribution < -0.4 is 10.3 Å². The molecule has 0 aliphatic rings. The van der Waals surface area contributed by atoms with Gasteiger partial charge in [-0.2, -0.15) is 0 Å². The Kier molecular flexibility index (Phi) is 8.90. The van der Waals surface area contributed by atoms with Crippen LogP contribution in [0.3, 0.4) is 0 Å². The maximum atomic E-state index is 14.1. The molecule has 7 nitrogen and oxygen atoms in total. The number of aryl methyl sites for hydroxylation is 1. The molecule has 0 aliphatic heterocycles. The molecule has 0 saturated carbocycles. The first kappa shape index (κ1) is 28.8. The van der Waals surface area contributed by atoms with Crippen molar-refractivity contribution in [3.05, 3.63) is 97.7 Å². The Balaban J connectivity index is 1.84. The average molecular weight is 547 g/mol. The van der Waals surface area contributed by atoms with Crippen molar-refractivity contribution in [2.24, 2.45) is 4.99 Å². The summed E-state index contributed by atoms with van der Waals surface area (Å²) in [6.45, 7) is 7.63. The summed E-state index contributed by atoms with van der Waals surface area (Å²) in [5, 5.41) is 9.95. The molecule has 0 atom stereocenters. The highest BCUT2D eigenvalue weighted by molar-refractivity contribution is 6.31. The number of rotatable bonds is 8. The number of aromatic nitrogens is 3. The van der Waals surface area contributed by atoms with Gasteiger partial charge in [0.15, 0.2) is 5.82 Å². The number of nitrogens with zero attached hydrogens (tertiary/aromatic N) is 4. The molecule has 3 rings (SSSR count). The second-order valence-electron chi connectivity index (χ2n) is 8.90. The third-order valence-electron chi connectivity index (χ3n) is 5.29. The van der Waals surface area contributed by atoms with Gasteiger partial charge in [-0.15, -0.1) is 0 Å². The van der Waals surface area contributed by atoms with Gasteiger partial charge in [0.05, 0.1) is 17.6 Å². The van der Waals surface area contributed by atoms with Gasteiger partial charge >= 0.3 is 0 Å². The van der Waals surface area contributed by atoms with E-state index in [1.165, 1.54) is 49.0 Å². The number of ether oxygens (including phenoxy) is 1. The monoisotopic (exact) mass is 546 g/mol. The van der Waals surface area contributed by atoms with Crippen molar-refractivity contribution in [3.8, 4) is 5.75 Å². The normalized spacial score (nSPS) is 12.9. The van der Waals surface area contributed by atoms with Crippen LogP contribution in [-0.2, 0) is 12.2 Å². The molecule has 0 saturated heterocycles. The minimum atomic E-state index is -1.48. The highest BCUT2D eigenvalue weighted by atomic mass is 35.5. The van der Waals surface area contributed by atoms with Crippen LogP contribution in [0.2, 0.25) is 5.02 Å². The summed E-state index contributed by atoms with van der Waals surface area (Å²) in [5.74, 6) is -2.30. The van der Waals surface area contributed by atoms with E-state index < -0.39 is 28.6 Å². The maximum Gasteiger partial charge on any atom is 0.277 e. The van der Waals surface area contributed by atoms with Crippen molar-refractivity contribution in [1.82, 2.24) is 14.5 Å². The van der Waals surface area contributed by atoms with Gasteiger partial charge < -0.3 is 9.84 Å². The third kappa shape index (κ3) is 6.76. The number of pyridine rings is 3. The van der Waals surface area contributed by atoms with Crippen molar-refractivity contribution in [2.75, 3.05) is 0 Å². The van der Waals surface area contributed by atoms with Gasteiger partial charge in [-0.3, -0.25) is 19.3 Å². The zero-order chi connectivity index (χ0) is 28.2. The van der Waals surface area contributed by atoms with Crippen LogP contribution in [0.1, 0.15) is 50.5 Å². The van der Waals surface area contributed by atoms with Gasteiger partial charge in [0.2, 0.25) is 0 Å². The van der Waals surface area contributed by atoms with Crippen molar-refractivity contribution < 1.29 is 23.0 Å². The lowest BCUT2D eigenvalue weighted by atomic mass is 10.0. The number of hydrogen-bond donors (Lipinski definition) is 1. The Morgan fingerprint density at radius 3 is 2.58 bits per heavy atom. The van der Waals surface area contributed by atoms with Crippen LogP contribution in [0, 0.1) is 24.4 Å². The molecule has 0 amide bonds. The molecule has 1 N–H and O–H groups in total. The zero-order valence-electron chi connectivity index (χ0n) is 21.4. The highest BCUT2D eigenvalue weighted by Gasteiger charge is 2.23. The molecule has 0 bridgehead atoms. The third-order valence-corrected chi connectivity index (χ3v) is 5.64. The number of allylic oxidation sites excluding steroid dienone is 2. The Morgan fingerprint density at radius 1 is 1.24 bits per heavy atom. The summed E-state index contributed by atoms with van der Waals surface area (Å²) < 4.78 is 47.8. The molecule has 3 aromatic heterocycles. The van der Waals surface area contributed by atoms with Crippen molar-refractivity contribution in [3.63, 3.8) is 0 Å². The topological polar surface area (TPSA) is 89.6 Å².